The molecule has 0 heteroatoms. The van der Waals surface area contributed by atoms with Crippen LogP contribution in [0.15, 0.2) is 12.7 Å². The molecule has 0 aliphatic rings. The normalized spacial score (nSPS) is 12.8. The van der Waals surface area contributed by atoms with Crippen molar-refractivity contribution in [3.63, 3.8) is 0 Å². The van der Waals surface area contributed by atoms with Gasteiger partial charge in [-0.3, -0.25) is 0 Å². The highest BCUT2D eigenvalue weighted by Gasteiger charge is 1.95. The minimum absolute atomic E-state index is 0.718. The molecule has 78 valence electrons. The average Bonchev–Trinajstić information content (AvgIpc) is 2.16. The van der Waals surface area contributed by atoms with E-state index < -0.39 is 0 Å². The summed E-state index contributed by atoms with van der Waals surface area (Å²) in [5.74, 6) is 0.718. The molecule has 0 saturated heterocycles. The van der Waals surface area contributed by atoms with Crippen LogP contribution >= 0.6 is 0 Å². The highest BCUT2D eigenvalue weighted by atomic mass is 14.0. The molecule has 0 bridgehead atoms. The standard InChI is InChI=1S/C13H26/c1-4-6-7-8-9-10-11-12-13(3)5-2/h5,13H,2,4,6-12H2,1,3H3. The van der Waals surface area contributed by atoms with Crippen molar-refractivity contribution in [2.75, 3.05) is 0 Å². The Labute approximate surface area is 84.4 Å². The van der Waals surface area contributed by atoms with E-state index in [1.165, 1.54) is 51.4 Å². The first-order valence-corrected chi connectivity index (χ1v) is 5.93. The van der Waals surface area contributed by atoms with Crippen LogP contribution in [0.1, 0.15) is 65.2 Å². The van der Waals surface area contributed by atoms with Crippen molar-refractivity contribution >= 4 is 0 Å². The largest absolute Gasteiger partial charge is 0.103 e. The lowest BCUT2D eigenvalue weighted by Gasteiger charge is -2.04. The minimum atomic E-state index is 0.718. The molecule has 0 aliphatic heterocycles. The van der Waals surface area contributed by atoms with Gasteiger partial charge < -0.3 is 0 Å². The number of rotatable bonds is 9. The lowest BCUT2D eigenvalue weighted by molar-refractivity contribution is 0.537. The number of hydrogen-bond donors (Lipinski definition) is 0. The van der Waals surface area contributed by atoms with Gasteiger partial charge in [-0.1, -0.05) is 64.9 Å². The zero-order valence-corrected chi connectivity index (χ0v) is 9.52. The van der Waals surface area contributed by atoms with Gasteiger partial charge in [-0.05, 0) is 12.3 Å². The molecule has 0 nitrogen and oxygen atoms in total. The first kappa shape index (κ1) is 12.7. The van der Waals surface area contributed by atoms with Crippen molar-refractivity contribution in [2.45, 2.75) is 65.2 Å². The summed E-state index contributed by atoms with van der Waals surface area (Å²) in [6.45, 7) is 8.32. The lowest BCUT2D eigenvalue weighted by Crippen LogP contribution is -1.88. The Morgan fingerprint density at radius 3 is 2.08 bits per heavy atom. The third-order valence-electron chi connectivity index (χ3n) is 2.67. The van der Waals surface area contributed by atoms with Crippen molar-refractivity contribution in [2.24, 2.45) is 5.92 Å². The van der Waals surface area contributed by atoms with E-state index in [-0.39, 0.29) is 0 Å². The Morgan fingerprint density at radius 2 is 1.54 bits per heavy atom. The minimum Gasteiger partial charge on any atom is -0.103 e. The average molecular weight is 182 g/mol. The number of allylic oxidation sites excluding steroid dienone is 1. The fourth-order valence-electron chi connectivity index (χ4n) is 1.54. The molecule has 0 amide bonds. The van der Waals surface area contributed by atoms with Gasteiger partial charge in [0.25, 0.3) is 0 Å². The Hall–Kier alpha value is -0.260. The molecule has 0 aromatic rings. The summed E-state index contributed by atoms with van der Waals surface area (Å²) in [5.41, 5.74) is 0. The van der Waals surface area contributed by atoms with Crippen molar-refractivity contribution in [3.05, 3.63) is 12.7 Å². The molecular formula is C13H26. The van der Waals surface area contributed by atoms with E-state index in [4.69, 9.17) is 0 Å². The molecule has 13 heavy (non-hydrogen) atoms. The molecule has 0 fully saturated rings. The first-order valence-electron chi connectivity index (χ1n) is 5.93. The van der Waals surface area contributed by atoms with Gasteiger partial charge in [0.1, 0.15) is 0 Å². The number of unbranched alkanes of at least 4 members (excludes halogenated alkanes) is 6. The second kappa shape index (κ2) is 9.83. The van der Waals surface area contributed by atoms with E-state index in [1.54, 1.807) is 0 Å². The Morgan fingerprint density at radius 1 is 1.00 bits per heavy atom. The van der Waals surface area contributed by atoms with Gasteiger partial charge in [-0.2, -0.15) is 0 Å². The van der Waals surface area contributed by atoms with E-state index in [9.17, 15) is 0 Å². The molecule has 0 N–H and O–H groups in total. The molecule has 0 radical (unpaired) electrons. The van der Waals surface area contributed by atoms with Crippen LogP contribution in [0, 0.1) is 5.92 Å². The van der Waals surface area contributed by atoms with Crippen LogP contribution in [0.2, 0.25) is 0 Å². The maximum absolute atomic E-state index is 3.80. The van der Waals surface area contributed by atoms with Gasteiger partial charge in [-0.15, -0.1) is 6.58 Å². The molecule has 0 aromatic heterocycles. The zero-order valence-electron chi connectivity index (χ0n) is 9.52. The van der Waals surface area contributed by atoms with Gasteiger partial charge in [0, 0.05) is 0 Å². The van der Waals surface area contributed by atoms with E-state index in [0.29, 0.717) is 0 Å². The van der Waals surface area contributed by atoms with Crippen molar-refractivity contribution in [1.82, 2.24) is 0 Å². The van der Waals surface area contributed by atoms with E-state index >= 15 is 0 Å². The van der Waals surface area contributed by atoms with Crippen molar-refractivity contribution in [3.8, 4) is 0 Å². The maximum Gasteiger partial charge on any atom is -0.0265 e. The smallest absolute Gasteiger partial charge is 0.0265 e. The summed E-state index contributed by atoms with van der Waals surface area (Å²) in [7, 11) is 0. The molecule has 0 saturated carbocycles. The van der Waals surface area contributed by atoms with Crippen LogP contribution in [0.4, 0.5) is 0 Å². The highest BCUT2D eigenvalue weighted by Crippen LogP contribution is 2.12. The van der Waals surface area contributed by atoms with Gasteiger partial charge >= 0.3 is 0 Å². The molecule has 0 heterocycles. The second-order valence-corrected chi connectivity index (χ2v) is 4.12. The molecule has 0 spiro atoms. The molecule has 0 aromatic carbocycles. The highest BCUT2D eigenvalue weighted by molar-refractivity contribution is 4.74. The van der Waals surface area contributed by atoms with Crippen LogP contribution in [0.3, 0.4) is 0 Å². The number of hydrogen-bond acceptors (Lipinski definition) is 0. The third kappa shape index (κ3) is 9.66. The molecular weight excluding hydrogens is 156 g/mol. The summed E-state index contributed by atoms with van der Waals surface area (Å²) in [6.07, 6.45) is 13.3. The predicted molar refractivity (Wildman–Crippen MR) is 62.0 cm³/mol. The lowest BCUT2D eigenvalue weighted by atomic mass is 10.0. The van der Waals surface area contributed by atoms with Crippen molar-refractivity contribution < 1.29 is 0 Å². The Balaban J connectivity index is 2.95. The monoisotopic (exact) mass is 182 g/mol. The summed E-state index contributed by atoms with van der Waals surface area (Å²) >= 11 is 0. The van der Waals surface area contributed by atoms with Gasteiger partial charge in [0.05, 0.1) is 0 Å². The quantitative estimate of drug-likeness (QED) is 0.349. The summed E-state index contributed by atoms with van der Waals surface area (Å²) in [5, 5.41) is 0. The summed E-state index contributed by atoms with van der Waals surface area (Å²) in [6, 6.07) is 0. The molecule has 1 unspecified atom stereocenters. The second-order valence-electron chi connectivity index (χ2n) is 4.12. The fourth-order valence-corrected chi connectivity index (χ4v) is 1.54. The Bertz CT molecular complexity index is 105. The van der Waals surface area contributed by atoms with Crippen LogP contribution in [-0.2, 0) is 0 Å². The molecule has 0 rings (SSSR count). The van der Waals surface area contributed by atoms with Crippen LogP contribution in [-0.4, -0.2) is 0 Å². The topological polar surface area (TPSA) is 0 Å². The van der Waals surface area contributed by atoms with Gasteiger partial charge in [0.2, 0.25) is 0 Å². The van der Waals surface area contributed by atoms with Crippen molar-refractivity contribution in [1.29, 1.82) is 0 Å². The SMILES string of the molecule is C=CC(C)CCCCCCCCC. The third-order valence-corrected chi connectivity index (χ3v) is 2.67. The van der Waals surface area contributed by atoms with Gasteiger partial charge in [0.15, 0.2) is 0 Å². The van der Waals surface area contributed by atoms with Crippen LogP contribution in [0.25, 0.3) is 0 Å². The van der Waals surface area contributed by atoms with Crippen LogP contribution < -0.4 is 0 Å². The maximum atomic E-state index is 3.80. The Kier molecular flexibility index (Phi) is 9.63. The molecule has 1 atom stereocenters. The zero-order chi connectivity index (χ0) is 9.94. The first-order chi connectivity index (χ1) is 6.31. The van der Waals surface area contributed by atoms with E-state index in [2.05, 4.69) is 26.5 Å². The van der Waals surface area contributed by atoms with Gasteiger partial charge in [-0.25, -0.2) is 0 Å². The van der Waals surface area contributed by atoms with Crippen LogP contribution in [0.5, 0.6) is 0 Å². The summed E-state index contributed by atoms with van der Waals surface area (Å²) in [4.78, 5) is 0. The predicted octanol–water partition coefficient (Wildman–Crippen LogP) is 4.95. The van der Waals surface area contributed by atoms with E-state index in [1.807, 2.05) is 0 Å². The molecule has 0 aliphatic carbocycles. The van der Waals surface area contributed by atoms with E-state index in [0.717, 1.165) is 5.92 Å². The summed E-state index contributed by atoms with van der Waals surface area (Å²) < 4.78 is 0. The fraction of sp³-hybridized carbons (Fsp3) is 0.846.